The fourth-order valence-electron chi connectivity index (χ4n) is 3.40. The van der Waals surface area contributed by atoms with Crippen LogP contribution in [0.5, 0.6) is 0 Å². The first-order chi connectivity index (χ1) is 15.8. The van der Waals surface area contributed by atoms with E-state index in [0.717, 1.165) is 27.0 Å². The lowest BCUT2D eigenvalue weighted by Gasteiger charge is -2.10. The molecule has 0 aliphatic heterocycles. The van der Waals surface area contributed by atoms with E-state index in [-0.39, 0.29) is 12.2 Å². The first-order valence-electron chi connectivity index (χ1n) is 9.56. The molecule has 0 atom stereocenters. The van der Waals surface area contributed by atoms with Crippen molar-refractivity contribution in [3.63, 3.8) is 0 Å². The number of imidazole rings is 1. The molecule has 33 heavy (non-hydrogen) atoms. The van der Waals surface area contributed by atoms with E-state index in [9.17, 15) is 18.0 Å². The highest BCUT2D eigenvalue weighted by molar-refractivity contribution is 6.30. The van der Waals surface area contributed by atoms with Crippen molar-refractivity contribution in [1.29, 1.82) is 0 Å². The van der Waals surface area contributed by atoms with Crippen LogP contribution in [-0.2, 0) is 12.7 Å². The Labute approximate surface area is 188 Å². The lowest BCUT2D eigenvalue weighted by molar-refractivity contribution is -0.141. The van der Waals surface area contributed by atoms with E-state index in [0.29, 0.717) is 21.8 Å². The average Bonchev–Trinajstić information content (AvgIpc) is 3.42. The maximum atomic E-state index is 12.9. The van der Waals surface area contributed by atoms with Crippen LogP contribution in [0.3, 0.4) is 0 Å². The topological polar surface area (TPSA) is 82.9 Å². The third kappa shape index (κ3) is 3.87. The van der Waals surface area contributed by atoms with Crippen LogP contribution in [0.2, 0.25) is 5.02 Å². The van der Waals surface area contributed by atoms with E-state index in [4.69, 9.17) is 11.6 Å². The summed E-state index contributed by atoms with van der Waals surface area (Å²) in [5, 5.41) is 9.24. The van der Waals surface area contributed by atoms with E-state index in [2.05, 4.69) is 20.2 Å². The number of hydrogen-bond donors (Lipinski definition) is 0. The van der Waals surface area contributed by atoms with Crippen LogP contribution in [0.4, 0.5) is 13.2 Å². The minimum atomic E-state index is -4.54. The first-order valence-corrected chi connectivity index (χ1v) is 9.94. The molecule has 5 rings (SSSR count). The summed E-state index contributed by atoms with van der Waals surface area (Å²) >= 11 is 6.01. The zero-order valence-corrected chi connectivity index (χ0v) is 17.4. The fourth-order valence-corrected chi connectivity index (χ4v) is 3.52. The Morgan fingerprint density at radius 1 is 1.03 bits per heavy atom. The summed E-state index contributed by atoms with van der Waals surface area (Å²) in [5.41, 5.74) is 1.13. The van der Waals surface area contributed by atoms with Crippen molar-refractivity contribution in [1.82, 2.24) is 33.9 Å². The molecule has 0 aliphatic rings. The predicted molar refractivity (Wildman–Crippen MR) is 113 cm³/mol. The number of alkyl halides is 3. The van der Waals surface area contributed by atoms with E-state index in [1.165, 1.54) is 6.07 Å². The van der Waals surface area contributed by atoms with Crippen LogP contribution in [0.1, 0.15) is 11.3 Å². The van der Waals surface area contributed by atoms with Crippen molar-refractivity contribution in [3.05, 3.63) is 94.3 Å². The second-order valence-corrected chi connectivity index (χ2v) is 7.55. The molecule has 0 fully saturated rings. The van der Waals surface area contributed by atoms with Gasteiger partial charge >= 0.3 is 11.9 Å². The van der Waals surface area contributed by atoms with Gasteiger partial charge in [0, 0.05) is 29.2 Å². The number of fused-ring (bicyclic) bond motifs is 1. The van der Waals surface area contributed by atoms with Crippen LogP contribution < -0.4 is 5.69 Å². The van der Waals surface area contributed by atoms with Gasteiger partial charge in [-0.05, 0) is 29.3 Å². The largest absolute Gasteiger partial charge is 0.433 e. The molecule has 0 saturated heterocycles. The number of aromatic nitrogens is 7. The summed E-state index contributed by atoms with van der Waals surface area (Å²) in [6, 6.07) is 9.24. The highest BCUT2D eigenvalue weighted by Crippen LogP contribution is 2.29. The quantitative estimate of drug-likeness (QED) is 0.397. The summed E-state index contributed by atoms with van der Waals surface area (Å²) in [4.78, 5) is 20.4. The zero-order valence-electron chi connectivity index (χ0n) is 16.6. The minimum Gasteiger partial charge on any atom is -0.302 e. The molecule has 0 radical (unpaired) electrons. The van der Waals surface area contributed by atoms with Gasteiger partial charge in [0.25, 0.3) is 0 Å². The molecular weight excluding hydrogens is 459 g/mol. The molecule has 0 unspecified atom stereocenters. The second kappa shape index (κ2) is 7.85. The molecule has 0 bridgehead atoms. The summed E-state index contributed by atoms with van der Waals surface area (Å²) in [6.07, 6.45) is 2.93. The Hall–Kier alpha value is -3.99. The Kier molecular flexibility index (Phi) is 4.97. The maximum Gasteiger partial charge on any atom is 0.433 e. The van der Waals surface area contributed by atoms with Gasteiger partial charge in [-0.2, -0.15) is 22.8 Å². The summed E-state index contributed by atoms with van der Waals surface area (Å²) < 4.78 is 42.3. The number of pyridine rings is 1. The molecule has 0 aliphatic carbocycles. The van der Waals surface area contributed by atoms with Gasteiger partial charge in [-0.25, -0.2) is 14.5 Å². The predicted octanol–water partition coefficient (Wildman–Crippen LogP) is 3.86. The van der Waals surface area contributed by atoms with Crippen LogP contribution in [-0.4, -0.2) is 33.9 Å². The number of rotatable bonds is 4. The molecule has 1 aromatic carbocycles. The first kappa shape index (κ1) is 20.9. The van der Waals surface area contributed by atoms with Gasteiger partial charge in [0.2, 0.25) is 5.65 Å². The number of hydrogen-bond acceptors (Lipinski definition) is 5. The van der Waals surface area contributed by atoms with Crippen molar-refractivity contribution in [2.75, 3.05) is 0 Å². The third-order valence-electron chi connectivity index (χ3n) is 4.95. The maximum absolute atomic E-state index is 12.9. The van der Waals surface area contributed by atoms with Crippen LogP contribution in [0, 0.1) is 0 Å². The fraction of sp³-hybridized carbons (Fsp3) is 0.0952. The molecule has 5 aromatic rings. The van der Waals surface area contributed by atoms with Gasteiger partial charge in [-0.15, -0.1) is 5.10 Å². The van der Waals surface area contributed by atoms with E-state index in [1.807, 2.05) is 12.1 Å². The Morgan fingerprint density at radius 3 is 2.45 bits per heavy atom. The van der Waals surface area contributed by atoms with Gasteiger partial charge in [0.05, 0.1) is 19.1 Å². The lowest BCUT2D eigenvalue weighted by Crippen LogP contribution is -2.23. The molecule has 0 saturated carbocycles. The molecule has 4 heterocycles. The van der Waals surface area contributed by atoms with Crippen molar-refractivity contribution >= 4 is 17.2 Å². The Morgan fingerprint density at radius 2 is 1.82 bits per heavy atom. The molecule has 166 valence electrons. The van der Waals surface area contributed by atoms with E-state index < -0.39 is 17.6 Å². The summed E-state index contributed by atoms with van der Waals surface area (Å²) in [6.45, 7) is -0.0764. The van der Waals surface area contributed by atoms with Gasteiger partial charge in [0.15, 0.2) is 0 Å². The van der Waals surface area contributed by atoms with Crippen molar-refractivity contribution in [2.45, 2.75) is 12.7 Å². The van der Waals surface area contributed by atoms with Crippen molar-refractivity contribution < 1.29 is 13.2 Å². The minimum absolute atomic E-state index is 0.0764. The van der Waals surface area contributed by atoms with Crippen LogP contribution >= 0.6 is 11.6 Å². The van der Waals surface area contributed by atoms with Gasteiger partial charge in [-0.3, -0.25) is 4.98 Å². The molecular formula is C21H13ClF3N7O. The molecule has 4 aromatic heterocycles. The van der Waals surface area contributed by atoms with Gasteiger partial charge < -0.3 is 4.57 Å². The van der Waals surface area contributed by atoms with Crippen LogP contribution in [0.25, 0.3) is 22.5 Å². The number of halogens is 4. The van der Waals surface area contributed by atoms with Gasteiger partial charge in [-0.1, -0.05) is 29.8 Å². The summed E-state index contributed by atoms with van der Waals surface area (Å²) in [5.74, 6) is 0. The highest BCUT2D eigenvalue weighted by atomic mass is 35.5. The van der Waals surface area contributed by atoms with Crippen LogP contribution in [0.15, 0.2) is 72.3 Å². The highest BCUT2D eigenvalue weighted by Gasteiger charge is 2.32. The monoisotopic (exact) mass is 471 g/mol. The smallest absolute Gasteiger partial charge is 0.302 e. The average molecular weight is 472 g/mol. The standard InChI is InChI=1S/C21H13ClF3N7O/c22-15-4-2-14(3-5-15)16-10-28-32-19(18(16)30-8-7-26-12-30)29-31(20(32)33)11-13-1-6-17(27-9-13)21(23,24)25/h1-10,12H,11H2. The normalized spacial score (nSPS) is 11.9. The SMILES string of the molecule is O=c1n(Cc2ccc(C(F)(F)F)nc2)nc2c(-n3ccnc3)c(-c3ccc(Cl)cc3)cnn12. The van der Waals surface area contributed by atoms with Crippen molar-refractivity contribution in [3.8, 4) is 16.8 Å². The van der Waals surface area contributed by atoms with Gasteiger partial charge in [0.1, 0.15) is 11.4 Å². The Balaban J connectivity index is 1.63. The van der Waals surface area contributed by atoms with E-state index in [1.54, 1.807) is 41.6 Å². The lowest BCUT2D eigenvalue weighted by atomic mass is 10.1. The molecule has 12 heteroatoms. The third-order valence-corrected chi connectivity index (χ3v) is 5.20. The number of benzene rings is 1. The zero-order chi connectivity index (χ0) is 23.2. The van der Waals surface area contributed by atoms with E-state index >= 15 is 0 Å². The summed E-state index contributed by atoms with van der Waals surface area (Å²) in [7, 11) is 0. The molecule has 0 amide bonds. The number of nitrogens with zero attached hydrogens (tertiary/aromatic N) is 7. The molecule has 0 spiro atoms. The second-order valence-electron chi connectivity index (χ2n) is 7.11. The molecule has 0 N–H and O–H groups in total. The Bertz CT molecular complexity index is 1490. The van der Waals surface area contributed by atoms with Crippen molar-refractivity contribution in [2.24, 2.45) is 0 Å². The molecule has 8 nitrogen and oxygen atoms in total.